The predicted octanol–water partition coefficient (Wildman–Crippen LogP) is 11.1. The van der Waals surface area contributed by atoms with Gasteiger partial charge in [-0.2, -0.15) is 0 Å². The fourth-order valence-corrected chi connectivity index (χ4v) is 6.70. The van der Waals surface area contributed by atoms with E-state index in [0.29, 0.717) is 12.8 Å². The largest absolute Gasteiger partial charge is 0.472 e. The van der Waals surface area contributed by atoms with Crippen molar-refractivity contribution < 1.29 is 66.7 Å². The molecule has 0 aromatic rings. The number of carbonyl (C=O) groups excluding carboxylic acids is 2. The predicted molar refractivity (Wildman–Crippen MR) is 254 cm³/mol. The Labute approximate surface area is 383 Å². The summed E-state index contributed by atoms with van der Waals surface area (Å²) in [5, 5.41) is 20.1. The highest BCUT2D eigenvalue weighted by molar-refractivity contribution is 7.47. The molecule has 64 heavy (non-hydrogen) atoms. The van der Waals surface area contributed by atoms with Gasteiger partial charge in [-0.25, -0.2) is 9.13 Å². The number of rotatable bonds is 42. The van der Waals surface area contributed by atoms with Gasteiger partial charge >= 0.3 is 27.6 Å². The maximum atomic E-state index is 12.7. The first kappa shape index (κ1) is 61.0. The normalized spacial score (nSPS) is 15.3. The number of unbranched alkanes of at least 4 members (excludes halogenated alkanes) is 10. The Hall–Kier alpha value is -3.00. The van der Waals surface area contributed by atoms with E-state index in [1.54, 1.807) is 12.2 Å². The lowest BCUT2D eigenvalue weighted by Crippen LogP contribution is -2.30. The second-order valence-corrected chi connectivity index (χ2v) is 17.8. The van der Waals surface area contributed by atoms with E-state index in [1.807, 2.05) is 12.2 Å². The van der Waals surface area contributed by atoms with Crippen LogP contribution in [0.1, 0.15) is 149 Å². The summed E-state index contributed by atoms with van der Waals surface area (Å²) >= 11 is 0. The van der Waals surface area contributed by atoms with Crippen molar-refractivity contribution in [3.63, 3.8) is 0 Å². The van der Waals surface area contributed by atoms with E-state index in [2.05, 4.69) is 89.7 Å². The van der Waals surface area contributed by atoms with Gasteiger partial charge < -0.3 is 34.4 Å². The number of ether oxygens (including phenoxy) is 2. The maximum absolute atomic E-state index is 12.7. The first-order valence-electron chi connectivity index (χ1n) is 23.0. The number of phosphoric ester groups is 2. The van der Waals surface area contributed by atoms with E-state index in [1.165, 1.54) is 25.3 Å². The molecule has 0 aliphatic rings. The highest BCUT2D eigenvalue weighted by Crippen LogP contribution is 2.43. The Bertz CT molecular complexity index is 1510. The average Bonchev–Trinajstić information content (AvgIpc) is 3.25. The molecular formula is C48H80O14P2. The lowest BCUT2D eigenvalue weighted by molar-refractivity contribution is -0.161. The van der Waals surface area contributed by atoms with Gasteiger partial charge in [0, 0.05) is 12.8 Å². The number of esters is 2. The molecule has 0 bridgehead atoms. The number of carbonyl (C=O) groups is 2. The third-order valence-electron chi connectivity index (χ3n) is 9.06. The smallest absolute Gasteiger partial charge is 0.462 e. The van der Waals surface area contributed by atoms with Crippen LogP contribution in [0.2, 0.25) is 0 Å². The summed E-state index contributed by atoms with van der Waals surface area (Å²) in [6, 6.07) is 0. The summed E-state index contributed by atoms with van der Waals surface area (Å²) in [7, 11) is -9.78. The monoisotopic (exact) mass is 943 g/mol. The van der Waals surface area contributed by atoms with E-state index in [4.69, 9.17) is 23.8 Å². The van der Waals surface area contributed by atoms with Gasteiger partial charge in [-0.3, -0.25) is 23.2 Å². The Balaban J connectivity index is 4.74. The molecule has 0 aliphatic carbocycles. The second kappa shape index (κ2) is 42.6. The van der Waals surface area contributed by atoms with Crippen molar-refractivity contribution in [2.24, 2.45) is 0 Å². The minimum atomic E-state index is -4.90. The standard InChI is InChI=1S/C48H80O14P2/c1-3-5-7-9-11-13-15-17-19-21-23-25-27-29-31-33-35-37-47(51)58-42-46(43-61-64(56,57)60-41-45(50)40-59-63(53,54)55)62-48(52)39-38-44(49)36-34-32-30-28-26-24-22-20-18-16-14-12-10-8-6-4-2/h6,8,11-14,17-20,24,26,30,32,34,36,44-46,49-50H,3-5,7,9-10,15-16,21-23,25,27-29,31,33,35,37-43H2,1-2H3,(H,56,57)(H2,53,54,55)/b8-6-,13-11-,14-12-,19-17-,20-18-,26-24-,32-30-,36-34-/t44?,45-,46+/m0/s1. The molecule has 0 aromatic carbocycles. The van der Waals surface area contributed by atoms with Gasteiger partial charge in [-0.15, -0.1) is 0 Å². The van der Waals surface area contributed by atoms with Crippen LogP contribution in [0, 0.1) is 0 Å². The number of aliphatic hydroxyl groups excluding tert-OH is 2. The highest BCUT2D eigenvalue weighted by Gasteiger charge is 2.28. The third-order valence-corrected chi connectivity index (χ3v) is 10.5. The SMILES string of the molecule is CC/C=C\C/C=C\C/C=C\C/C=C\C/C=C\C=C/C(O)CCC(=O)O[C@H](COC(=O)CCCCCCCCC/C=C\C/C=C\CCCCC)COP(=O)(O)OC[C@@H](O)COP(=O)(O)O. The van der Waals surface area contributed by atoms with Crippen LogP contribution in [-0.2, 0) is 41.8 Å². The minimum absolute atomic E-state index is 0.0117. The first-order valence-corrected chi connectivity index (χ1v) is 26.1. The molecule has 0 fully saturated rings. The van der Waals surface area contributed by atoms with Crippen molar-refractivity contribution in [1.82, 2.24) is 0 Å². The van der Waals surface area contributed by atoms with Gasteiger partial charge in [-0.1, -0.05) is 156 Å². The van der Waals surface area contributed by atoms with Gasteiger partial charge in [-0.05, 0) is 77.0 Å². The fourth-order valence-electron chi connectivity index (χ4n) is 5.55. The molecule has 0 spiro atoms. The van der Waals surface area contributed by atoms with Crippen molar-refractivity contribution in [2.75, 3.05) is 26.4 Å². The molecule has 14 nitrogen and oxygen atoms in total. The molecule has 0 radical (unpaired) electrons. The van der Waals surface area contributed by atoms with E-state index >= 15 is 0 Å². The average molecular weight is 943 g/mol. The van der Waals surface area contributed by atoms with E-state index in [9.17, 15) is 33.8 Å². The van der Waals surface area contributed by atoms with Crippen molar-refractivity contribution in [3.05, 3.63) is 97.2 Å². The summed E-state index contributed by atoms with van der Waals surface area (Å²) < 4.78 is 47.6. The summed E-state index contributed by atoms with van der Waals surface area (Å²) in [6.45, 7) is 1.33. The number of hydrogen-bond donors (Lipinski definition) is 5. The number of phosphoric acid groups is 2. The zero-order valence-corrected chi connectivity index (χ0v) is 40.2. The number of hydrogen-bond acceptors (Lipinski definition) is 11. The third kappa shape index (κ3) is 45.6. The molecule has 2 unspecified atom stereocenters. The molecule has 0 amide bonds. The second-order valence-electron chi connectivity index (χ2n) is 15.1. The van der Waals surface area contributed by atoms with E-state index in [-0.39, 0.29) is 19.3 Å². The zero-order valence-electron chi connectivity index (χ0n) is 38.5. The van der Waals surface area contributed by atoms with Crippen LogP contribution in [0.5, 0.6) is 0 Å². The fraction of sp³-hybridized carbons (Fsp3) is 0.625. The van der Waals surface area contributed by atoms with Gasteiger partial charge in [0.05, 0.1) is 25.9 Å². The molecule has 0 rings (SSSR count). The van der Waals surface area contributed by atoms with Gasteiger partial charge in [0.1, 0.15) is 12.7 Å². The van der Waals surface area contributed by atoms with Gasteiger partial charge in [0.25, 0.3) is 0 Å². The molecule has 16 heteroatoms. The Morgan fingerprint density at radius 3 is 1.61 bits per heavy atom. The van der Waals surface area contributed by atoms with Crippen molar-refractivity contribution in [3.8, 4) is 0 Å². The van der Waals surface area contributed by atoms with Crippen LogP contribution in [0.3, 0.4) is 0 Å². The van der Waals surface area contributed by atoms with Gasteiger partial charge in [0.2, 0.25) is 0 Å². The molecule has 0 heterocycles. The van der Waals surface area contributed by atoms with Crippen molar-refractivity contribution >= 4 is 27.6 Å². The molecule has 0 saturated heterocycles. The summed E-state index contributed by atoms with van der Waals surface area (Å²) in [6.07, 6.45) is 47.2. The van der Waals surface area contributed by atoms with Crippen LogP contribution in [0.15, 0.2) is 97.2 Å². The Kier molecular flexibility index (Phi) is 40.6. The van der Waals surface area contributed by atoms with Gasteiger partial charge in [0.15, 0.2) is 6.10 Å². The molecule has 0 aromatic heterocycles. The van der Waals surface area contributed by atoms with Crippen LogP contribution in [0.4, 0.5) is 0 Å². The molecular weight excluding hydrogens is 862 g/mol. The molecule has 0 saturated carbocycles. The maximum Gasteiger partial charge on any atom is 0.472 e. The molecule has 4 atom stereocenters. The number of allylic oxidation sites excluding steroid dienone is 15. The summed E-state index contributed by atoms with van der Waals surface area (Å²) in [5.74, 6) is -1.33. The molecule has 0 aliphatic heterocycles. The molecule has 366 valence electrons. The summed E-state index contributed by atoms with van der Waals surface area (Å²) in [4.78, 5) is 52.8. The Morgan fingerprint density at radius 2 is 1.03 bits per heavy atom. The highest BCUT2D eigenvalue weighted by atomic mass is 31.2. The lowest BCUT2D eigenvalue weighted by Gasteiger charge is -2.20. The quantitative estimate of drug-likeness (QED) is 0.0127. The summed E-state index contributed by atoms with van der Waals surface area (Å²) in [5.41, 5.74) is 0. The van der Waals surface area contributed by atoms with Crippen molar-refractivity contribution in [1.29, 1.82) is 0 Å². The van der Waals surface area contributed by atoms with Crippen LogP contribution in [0.25, 0.3) is 0 Å². The Morgan fingerprint density at radius 1 is 0.531 bits per heavy atom. The first-order chi connectivity index (χ1) is 30.8. The zero-order chi connectivity index (χ0) is 47.4. The van der Waals surface area contributed by atoms with Crippen molar-refractivity contribution in [2.45, 2.75) is 167 Å². The topological polar surface area (TPSA) is 216 Å². The van der Waals surface area contributed by atoms with Crippen LogP contribution < -0.4 is 0 Å². The molecule has 5 N–H and O–H groups in total. The van der Waals surface area contributed by atoms with Crippen LogP contribution in [-0.4, -0.2) is 81.6 Å². The van der Waals surface area contributed by atoms with Crippen LogP contribution >= 0.6 is 15.6 Å². The minimum Gasteiger partial charge on any atom is -0.462 e. The number of aliphatic hydroxyl groups is 2. The lowest BCUT2D eigenvalue weighted by atomic mass is 10.1. The van der Waals surface area contributed by atoms with E-state index < -0.39 is 72.3 Å². The van der Waals surface area contributed by atoms with E-state index in [0.717, 1.165) is 83.5 Å².